The van der Waals surface area contributed by atoms with Gasteiger partial charge in [0.05, 0.1) is 20.9 Å². The minimum atomic E-state index is -3.78. The molecule has 2 aromatic carbocycles. The molecule has 0 spiro atoms. The van der Waals surface area contributed by atoms with Crippen LogP contribution >= 0.6 is 23.1 Å². The number of rotatable bonds is 6. The number of halogens is 1. The van der Waals surface area contributed by atoms with Crippen LogP contribution in [0.25, 0.3) is 20.7 Å². The number of hydrogen-bond donors (Lipinski definition) is 2. The zero-order chi connectivity index (χ0) is 22.0. The van der Waals surface area contributed by atoms with Crippen LogP contribution in [0.4, 0.5) is 10.1 Å². The maximum Gasteiger partial charge on any atom is 0.238 e. The predicted octanol–water partition coefficient (Wildman–Crippen LogP) is 3.88. The Morgan fingerprint density at radius 3 is 2.48 bits per heavy atom. The summed E-state index contributed by atoms with van der Waals surface area (Å²) in [6.07, 6.45) is 1.44. The Bertz CT molecular complexity index is 1350. The zero-order valence-corrected chi connectivity index (χ0v) is 18.2. The van der Waals surface area contributed by atoms with Crippen LogP contribution in [-0.2, 0) is 14.8 Å². The van der Waals surface area contributed by atoms with E-state index in [9.17, 15) is 17.6 Å². The molecule has 4 rings (SSSR count). The largest absolute Gasteiger partial charge is 0.325 e. The molecule has 0 bridgehead atoms. The highest BCUT2D eigenvalue weighted by Crippen LogP contribution is 2.36. The van der Waals surface area contributed by atoms with Gasteiger partial charge in [-0.3, -0.25) is 4.79 Å². The standard InChI is InChI=1S/C20H15FN4O3S3/c21-13-3-1-12(2-4-13)17-9-16-19(30-17)20(24-11-23-16)29-10-18(26)25-14-5-7-15(8-6-14)31(22,27)28/h1-9,11H,10H2,(H,25,26)(H2,22,27,28). The Kier molecular flexibility index (Phi) is 6.01. The van der Waals surface area contributed by atoms with E-state index < -0.39 is 10.0 Å². The summed E-state index contributed by atoms with van der Waals surface area (Å²) in [4.78, 5) is 21.8. The van der Waals surface area contributed by atoms with Crippen LogP contribution in [0.2, 0.25) is 0 Å². The van der Waals surface area contributed by atoms with E-state index in [1.165, 1.54) is 65.8 Å². The zero-order valence-electron chi connectivity index (χ0n) is 15.8. The van der Waals surface area contributed by atoms with Gasteiger partial charge in [-0.05, 0) is 48.0 Å². The topological polar surface area (TPSA) is 115 Å². The number of sulfonamides is 1. The molecule has 11 heteroatoms. The molecule has 0 radical (unpaired) electrons. The number of thioether (sulfide) groups is 1. The van der Waals surface area contributed by atoms with E-state index in [0.29, 0.717) is 10.7 Å². The molecule has 0 unspecified atom stereocenters. The second-order valence-corrected chi connectivity index (χ2v) is 9.99. The normalized spacial score (nSPS) is 11.5. The van der Waals surface area contributed by atoms with Gasteiger partial charge in [-0.2, -0.15) is 0 Å². The average Bonchev–Trinajstić information content (AvgIpc) is 3.17. The van der Waals surface area contributed by atoms with E-state index in [1.807, 2.05) is 6.07 Å². The first kappa shape index (κ1) is 21.4. The van der Waals surface area contributed by atoms with Crippen molar-refractivity contribution >= 4 is 54.9 Å². The van der Waals surface area contributed by atoms with Crippen molar-refractivity contribution in [1.82, 2.24) is 9.97 Å². The number of nitrogens with two attached hydrogens (primary N) is 1. The molecule has 158 valence electrons. The van der Waals surface area contributed by atoms with Crippen LogP contribution in [0, 0.1) is 5.82 Å². The highest BCUT2D eigenvalue weighted by Gasteiger charge is 2.13. The van der Waals surface area contributed by atoms with Gasteiger partial charge in [-0.15, -0.1) is 11.3 Å². The highest BCUT2D eigenvalue weighted by molar-refractivity contribution is 8.00. The number of benzene rings is 2. The van der Waals surface area contributed by atoms with Crippen LogP contribution in [0.3, 0.4) is 0 Å². The molecule has 0 saturated heterocycles. The first-order valence-electron chi connectivity index (χ1n) is 8.85. The molecule has 0 saturated carbocycles. The van der Waals surface area contributed by atoms with Gasteiger partial charge in [-0.25, -0.2) is 27.9 Å². The van der Waals surface area contributed by atoms with E-state index in [4.69, 9.17) is 5.14 Å². The van der Waals surface area contributed by atoms with Crippen molar-refractivity contribution in [3.8, 4) is 10.4 Å². The minimum Gasteiger partial charge on any atom is -0.325 e. The van der Waals surface area contributed by atoms with E-state index in [1.54, 1.807) is 12.1 Å². The SMILES string of the molecule is NS(=O)(=O)c1ccc(NC(=O)CSc2ncnc3cc(-c4ccc(F)cc4)sc23)cc1. The second-order valence-electron chi connectivity index (χ2n) is 6.42. The lowest BCUT2D eigenvalue weighted by Gasteiger charge is -2.06. The Morgan fingerprint density at radius 1 is 1.10 bits per heavy atom. The van der Waals surface area contributed by atoms with Crippen LogP contribution in [0.15, 0.2) is 70.8 Å². The lowest BCUT2D eigenvalue weighted by atomic mass is 10.2. The van der Waals surface area contributed by atoms with Gasteiger partial charge in [0, 0.05) is 10.6 Å². The first-order valence-corrected chi connectivity index (χ1v) is 12.2. The number of nitrogens with one attached hydrogen (secondary N) is 1. The molecule has 7 nitrogen and oxygen atoms in total. The number of hydrogen-bond acceptors (Lipinski definition) is 7. The molecule has 4 aromatic rings. The number of carbonyl (C=O) groups excluding carboxylic acids is 1. The van der Waals surface area contributed by atoms with Crippen molar-refractivity contribution in [2.75, 3.05) is 11.1 Å². The summed E-state index contributed by atoms with van der Waals surface area (Å²) >= 11 is 2.74. The minimum absolute atomic E-state index is 0.0297. The lowest BCUT2D eigenvalue weighted by Crippen LogP contribution is -2.15. The molecule has 31 heavy (non-hydrogen) atoms. The van der Waals surface area contributed by atoms with Gasteiger partial charge in [0.25, 0.3) is 0 Å². The van der Waals surface area contributed by atoms with Crippen LogP contribution in [0.5, 0.6) is 0 Å². The van der Waals surface area contributed by atoms with Crippen molar-refractivity contribution in [2.24, 2.45) is 5.14 Å². The van der Waals surface area contributed by atoms with E-state index in [0.717, 1.165) is 20.7 Å². The Hall–Kier alpha value is -2.86. The third kappa shape index (κ3) is 5.07. The number of aromatic nitrogens is 2. The molecule has 1 amide bonds. The Balaban J connectivity index is 1.46. The number of amides is 1. The van der Waals surface area contributed by atoms with Crippen molar-refractivity contribution in [3.05, 3.63) is 66.7 Å². The molecular weight excluding hydrogens is 459 g/mol. The molecular formula is C20H15FN4O3S3. The fourth-order valence-corrected chi connectivity index (χ4v) is 5.27. The Morgan fingerprint density at radius 2 is 1.81 bits per heavy atom. The first-order chi connectivity index (χ1) is 14.8. The molecule has 2 aromatic heterocycles. The number of thiophene rings is 1. The molecule has 0 fully saturated rings. The third-order valence-corrected chi connectivity index (χ3v) is 7.44. The number of carbonyl (C=O) groups is 1. The van der Waals surface area contributed by atoms with Gasteiger partial charge in [-0.1, -0.05) is 23.9 Å². The van der Waals surface area contributed by atoms with E-state index in [2.05, 4.69) is 15.3 Å². The molecule has 0 atom stereocenters. The van der Waals surface area contributed by atoms with E-state index in [-0.39, 0.29) is 22.4 Å². The summed E-state index contributed by atoms with van der Waals surface area (Å²) in [5.41, 5.74) is 2.09. The van der Waals surface area contributed by atoms with Gasteiger partial charge in [0.15, 0.2) is 0 Å². The summed E-state index contributed by atoms with van der Waals surface area (Å²) in [5, 5.41) is 8.44. The van der Waals surface area contributed by atoms with Crippen molar-refractivity contribution in [2.45, 2.75) is 9.92 Å². The fraction of sp³-hybridized carbons (Fsp3) is 0.0500. The monoisotopic (exact) mass is 474 g/mol. The summed E-state index contributed by atoms with van der Waals surface area (Å²) in [5.74, 6) is -0.464. The van der Waals surface area contributed by atoms with E-state index >= 15 is 0 Å². The lowest BCUT2D eigenvalue weighted by molar-refractivity contribution is -0.113. The molecule has 2 heterocycles. The maximum atomic E-state index is 13.2. The van der Waals surface area contributed by atoms with Crippen LogP contribution in [-0.4, -0.2) is 30.0 Å². The van der Waals surface area contributed by atoms with Crippen LogP contribution < -0.4 is 10.5 Å². The Labute approximate surface area is 185 Å². The number of nitrogens with zero attached hydrogens (tertiary/aromatic N) is 2. The number of primary sulfonamides is 1. The molecule has 0 aliphatic heterocycles. The predicted molar refractivity (Wildman–Crippen MR) is 120 cm³/mol. The summed E-state index contributed by atoms with van der Waals surface area (Å²) in [7, 11) is -3.78. The molecule has 0 aliphatic carbocycles. The number of fused-ring (bicyclic) bond motifs is 1. The quantitative estimate of drug-likeness (QED) is 0.324. The van der Waals surface area contributed by atoms with Crippen molar-refractivity contribution in [3.63, 3.8) is 0 Å². The summed E-state index contributed by atoms with van der Waals surface area (Å²) in [6, 6.07) is 13.7. The van der Waals surface area contributed by atoms with Gasteiger partial charge >= 0.3 is 0 Å². The fourth-order valence-electron chi connectivity index (χ4n) is 2.75. The van der Waals surface area contributed by atoms with Crippen molar-refractivity contribution < 1.29 is 17.6 Å². The average molecular weight is 475 g/mol. The van der Waals surface area contributed by atoms with Gasteiger partial charge < -0.3 is 5.32 Å². The maximum absolute atomic E-state index is 13.2. The second kappa shape index (κ2) is 8.71. The summed E-state index contributed by atoms with van der Waals surface area (Å²) < 4.78 is 36.6. The highest BCUT2D eigenvalue weighted by atomic mass is 32.2. The third-order valence-electron chi connectivity index (χ3n) is 4.21. The number of anilines is 1. The van der Waals surface area contributed by atoms with Gasteiger partial charge in [0.2, 0.25) is 15.9 Å². The van der Waals surface area contributed by atoms with Crippen molar-refractivity contribution in [1.29, 1.82) is 0 Å². The summed E-state index contributed by atoms with van der Waals surface area (Å²) in [6.45, 7) is 0. The smallest absolute Gasteiger partial charge is 0.238 e. The molecule has 0 aliphatic rings. The molecule has 3 N–H and O–H groups in total. The van der Waals surface area contributed by atoms with Crippen LogP contribution in [0.1, 0.15) is 0 Å². The van der Waals surface area contributed by atoms with Gasteiger partial charge in [0.1, 0.15) is 17.2 Å².